The van der Waals surface area contributed by atoms with Crippen molar-refractivity contribution in [2.24, 2.45) is 0 Å². The minimum absolute atomic E-state index is 0.319. The van der Waals surface area contributed by atoms with E-state index in [1.807, 2.05) is 0 Å². The molecule has 0 unspecified atom stereocenters. The van der Waals surface area contributed by atoms with E-state index < -0.39 is 13.8 Å². The van der Waals surface area contributed by atoms with Crippen LogP contribution in [0.3, 0.4) is 0 Å². The minimum atomic E-state index is -3.78. The van der Waals surface area contributed by atoms with Gasteiger partial charge in [0.1, 0.15) is 5.94 Å². The fourth-order valence-corrected chi connectivity index (χ4v) is 1.06. The molecule has 0 fully saturated rings. The van der Waals surface area contributed by atoms with Crippen molar-refractivity contribution in [1.82, 2.24) is 0 Å². The number of phosphoric ester groups is 1. The van der Waals surface area contributed by atoms with E-state index in [9.17, 15) is 14.2 Å². The first-order chi connectivity index (χ1) is 6.08. The van der Waals surface area contributed by atoms with Crippen LogP contribution in [-0.2, 0) is 27.7 Å². The Morgan fingerprint density at radius 3 is 2.38 bits per heavy atom. The van der Waals surface area contributed by atoms with Gasteiger partial charge in [-0.2, -0.15) is 0 Å². The van der Waals surface area contributed by atoms with Crippen molar-refractivity contribution in [3.8, 4) is 0 Å². The van der Waals surface area contributed by atoms with Gasteiger partial charge in [0.25, 0.3) is 0 Å². The average molecular weight is 208 g/mol. The second-order valence-corrected chi connectivity index (χ2v) is 3.61. The van der Waals surface area contributed by atoms with Gasteiger partial charge in [0, 0.05) is 20.3 Å². The normalized spacial score (nSPS) is 10.3. The summed E-state index contributed by atoms with van der Waals surface area (Å²) in [6, 6.07) is 0. The topological polar surface area (TPSA) is 78.9 Å². The molecule has 0 amide bonds. The summed E-state index contributed by atoms with van der Waals surface area (Å²) >= 11 is 0. The molecule has 0 saturated carbocycles. The van der Waals surface area contributed by atoms with Crippen molar-refractivity contribution in [2.45, 2.75) is 6.42 Å². The molecule has 0 rings (SSSR count). The Morgan fingerprint density at radius 1 is 1.46 bits per heavy atom. The van der Waals surface area contributed by atoms with Crippen molar-refractivity contribution >= 4 is 19.7 Å². The Morgan fingerprint density at radius 2 is 2.00 bits per heavy atom. The van der Waals surface area contributed by atoms with Gasteiger partial charge in [-0.3, -0.25) is 13.8 Å². The molecule has 0 aliphatic carbocycles. The van der Waals surface area contributed by atoms with Gasteiger partial charge in [-0.25, -0.2) is 9.36 Å². The summed E-state index contributed by atoms with van der Waals surface area (Å²) in [6.07, 6.45) is 0.582. The van der Waals surface area contributed by atoms with Crippen molar-refractivity contribution in [1.29, 1.82) is 0 Å². The maximum atomic E-state index is 11.1. The lowest BCUT2D eigenvalue weighted by atomic mass is 10.4. The molecule has 74 valence electrons. The highest BCUT2D eigenvalue weighted by molar-refractivity contribution is 7.49. The van der Waals surface area contributed by atoms with Gasteiger partial charge < -0.3 is 4.52 Å². The fraction of sp³-hybridized carbons (Fsp3) is 0.500. The van der Waals surface area contributed by atoms with Crippen molar-refractivity contribution in [2.75, 3.05) is 14.2 Å². The molecule has 0 aliphatic rings. The third-order valence-corrected chi connectivity index (χ3v) is 2.33. The SMILES string of the molecule is COP(=O)(OC)OC(=O)CC=C=O. The van der Waals surface area contributed by atoms with Gasteiger partial charge in [0.2, 0.25) is 0 Å². The summed E-state index contributed by atoms with van der Waals surface area (Å²) in [6.45, 7) is 0. The van der Waals surface area contributed by atoms with E-state index in [-0.39, 0.29) is 6.42 Å². The van der Waals surface area contributed by atoms with E-state index in [4.69, 9.17) is 0 Å². The van der Waals surface area contributed by atoms with Crippen LogP contribution in [0.5, 0.6) is 0 Å². The zero-order chi connectivity index (χ0) is 10.3. The molecule has 0 spiro atoms. The first-order valence-electron chi connectivity index (χ1n) is 3.21. The summed E-state index contributed by atoms with van der Waals surface area (Å²) in [5, 5.41) is 0. The van der Waals surface area contributed by atoms with E-state index in [1.54, 1.807) is 0 Å². The Bertz CT molecular complexity index is 258. The fourth-order valence-electron chi connectivity index (χ4n) is 0.436. The van der Waals surface area contributed by atoms with Crippen molar-refractivity contribution in [3.63, 3.8) is 0 Å². The third kappa shape index (κ3) is 4.60. The van der Waals surface area contributed by atoms with Gasteiger partial charge in [0.15, 0.2) is 0 Å². The van der Waals surface area contributed by atoms with E-state index in [1.165, 1.54) is 5.94 Å². The molecule has 0 aromatic carbocycles. The second-order valence-electron chi connectivity index (χ2n) is 1.80. The standard InChI is InChI=1S/C6H9O6P/c1-10-13(9,11-2)12-6(8)4-3-5-7/h3H,4H2,1-2H3. The van der Waals surface area contributed by atoms with E-state index >= 15 is 0 Å². The second kappa shape index (κ2) is 5.67. The molecule has 0 aliphatic heterocycles. The van der Waals surface area contributed by atoms with Crippen LogP contribution in [0, 0.1) is 0 Å². The molecule has 0 bridgehead atoms. The summed E-state index contributed by atoms with van der Waals surface area (Å²) < 4.78 is 24.1. The first-order valence-corrected chi connectivity index (χ1v) is 4.67. The Balaban J connectivity index is 4.17. The van der Waals surface area contributed by atoms with Crippen LogP contribution in [0.1, 0.15) is 6.42 Å². The lowest BCUT2D eigenvalue weighted by molar-refractivity contribution is -0.135. The van der Waals surface area contributed by atoms with Gasteiger partial charge in [-0.15, -0.1) is 0 Å². The molecule has 0 radical (unpaired) electrons. The average Bonchev–Trinajstić information content (AvgIpc) is 2.14. The number of rotatable bonds is 5. The summed E-state index contributed by atoms with van der Waals surface area (Å²) in [7, 11) is -1.62. The summed E-state index contributed by atoms with van der Waals surface area (Å²) in [5.74, 6) is 0.494. The predicted octanol–water partition coefficient (Wildman–Crippen LogP) is 0.708. The van der Waals surface area contributed by atoms with E-state index in [0.29, 0.717) is 0 Å². The smallest absolute Gasteiger partial charge is 0.370 e. The van der Waals surface area contributed by atoms with Crippen LogP contribution in [0.2, 0.25) is 0 Å². The zero-order valence-electron chi connectivity index (χ0n) is 7.18. The molecule has 0 saturated heterocycles. The number of phosphoric acid groups is 1. The molecular formula is C6H9O6P. The van der Waals surface area contributed by atoms with Crippen LogP contribution in [0.4, 0.5) is 0 Å². The molecule has 0 N–H and O–H groups in total. The quantitative estimate of drug-likeness (QED) is 0.489. The number of carbonyl (C=O) groups is 1. The molecule has 0 aromatic rings. The summed E-state index contributed by atoms with van der Waals surface area (Å²) in [5.41, 5.74) is 0. The van der Waals surface area contributed by atoms with Crippen molar-refractivity contribution < 1.29 is 27.7 Å². The number of hydrogen-bond donors (Lipinski definition) is 0. The molecule has 13 heavy (non-hydrogen) atoms. The van der Waals surface area contributed by atoms with Crippen LogP contribution in [0.15, 0.2) is 6.08 Å². The number of hydrogen-bond acceptors (Lipinski definition) is 6. The van der Waals surface area contributed by atoms with Crippen molar-refractivity contribution in [3.05, 3.63) is 6.08 Å². The molecule has 0 atom stereocenters. The Labute approximate surface area is 75.1 Å². The van der Waals surface area contributed by atoms with Gasteiger partial charge in [0.05, 0.1) is 6.42 Å². The third-order valence-electron chi connectivity index (χ3n) is 1.01. The zero-order valence-corrected chi connectivity index (χ0v) is 8.08. The molecule has 0 aromatic heterocycles. The Kier molecular flexibility index (Phi) is 5.26. The highest BCUT2D eigenvalue weighted by Gasteiger charge is 2.26. The van der Waals surface area contributed by atoms with Gasteiger partial charge in [-0.1, -0.05) is 0 Å². The van der Waals surface area contributed by atoms with E-state index in [2.05, 4.69) is 13.6 Å². The Hall–Kier alpha value is -0.930. The van der Waals surface area contributed by atoms with Crippen LogP contribution < -0.4 is 0 Å². The maximum Gasteiger partial charge on any atom is 0.531 e. The van der Waals surface area contributed by atoms with Gasteiger partial charge in [-0.05, 0) is 0 Å². The largest absolute Gasteiger partial charge is 0.531 e. The first kappa shape index (κ1) is 12.1. The van der Waals surface area contributed by atoms with Crippen LogP contribution in [0.25, 0.3) is 0 Å². The molecule has 6 nitrogen and oxygen atoms in total. The number of carbonyl (C=O) groups excluding carboxylic acids is 2. The molecular weight excluding hydrogens is 199 g/mol. The highest BCUT2D eigenvalue weighted by Crippen LogP contribution is 2.47. The maximum absolute atomic E-state index is 11.1. The molecule has 0 heterocycles. The summed E-state index contributed by atoms with van der Waals surface area (Å²) in [4.78, 5) is 20.5. The van der Waals surface area contributed by atoms with E-state index in [0.717, 1.165) is 20.3 Å². The molecule has 7 heteroatoms. The van der Waals surface area contributed by atoms with Gasteiger partial charge >= 0.3 is 13.8 Å². The predicted molar refractivity (Wildman–Crippen MR) is 42.6 cm³/mol. The monoisotopic (exact) mass is 208 g/mol. The van der Waals surface area contributed by atoms with Crippen LogP contribution >= 0.6 is 7.82 Å². The minimum Gasteiger partial charge on any atom is -0.370 e. The lowest BCUT2D eigenvalue weighted by Gasteiger charge is -2.11. The highest BCUT2D eigenvalue weighted by atomic mass is 31.2. The van der Waals surface area contributed by atoms with Crippen LogP contribution in [-0.4, -0.2) is 26.1 Å². The lowest BCUT2D eigenvalue weighted by Crippen LogP contribution is -2.03.